The Bertz CT molecular complexity index is 626. The number of carbonyl (C=O) groups excluding carboxylic acids is 1. The molecule has 0 saturated carbocycles. The number of nitrogens with zero attached hydrogens (tertiary/aromatic N) is 1. The number of hydrogen-bond donors (Lipinski definition) is 2. The van der Waals surface area contributed by atoms with E-state index >= 15 is 0 Å². The number of carbonyl (C=O) groups is 1. The van der Waals surface area contributed by atoms with Gasteiger partial charge in [0.2, 0.25) is 0 Å². The summed E-state index contributed by atoms with van der Waals surface area (Å²) < 4.78 is 1.00. The standard InChI is InChI=1S/C17H18BrN3O/c1-2-16(20-15-10-8-14(18)9-11-15)17(22)21-19-12-13-6-4-3-5-7-13/h3-12,16,20H,2H2,1H3,(H,21,22)/b19-12-/t16-/m1/s1. The molecule has 0 aliphatic rings. The molecule has 114 valence electrons. The fraction of sp³-hybridized carbons (Fsp3) is 0.176. The van der Waals surface area contributed by atoms with Crippen molar-refractivity contribution < 1.29 is 4.79 Å². The number of benzene rings is 2. The van der Waals surface area contributed by atoms with E-state index in [0.717, 1.165) is 15.7 Å². The molecule has 0 aromatic heterocycles. The molecule has 0 aliphatic carbocycles. The third kappa shape index (κ3) is 5.00. The summed E-state index contributed by atoms with van der Waals surface area (Å²) in [6.07, 6.45) is 2.30. The highest BCUT2D eigenvalue weighted by atomic mass is 79.9. The quantitative estimate of drug-likeness (QED) is 0.608. The molecular formula is C17H18BrN3O. The lowest BCUT2D eigenvalue weighted by Crippen LogP contribution is -2.36. The van der Waals surface area contributed by atoms with Gasteiger partial charge in [-0.15, -0.1) is 0 Å². The number of hydrazone groups is 1. The lowest BCUT2D eigenvalue weighted by molar-refractivity contribution is -0.121. The zero-order chi connectivity index (χ0) is 15.8. The minimum atomic E-state index is -0.325. The highest BCUT2D eigenvalue weighted by Gasteiger charge is 2.15. The molecule has 0 aliphatic heterocycles. The van der Waals surface area contributed by atoms with Gasteiger partial charge in [-0.05, 0) is 36.2 Å². The lowest BCUT2D eigenvalue weighted by Gasteiger charge is -2.16. The van der Waals surface area contributed by atoms with Crippen molar-refractivity contribution in [3.05, 3.63) is 64.6 Å². The fourth-order valence-electron chi connectivity index (χ4n) is 1.89. The fourth-order valence-corrected chi connectivity index (χ4v) is 2.15. The van der Waals surface area contributed by atoms with E-state index in [4.69, 9.17) is 0 Å². The number of hydrogen-bond acceptors (Lipinski definition) is 3. The Morgan fingerprint density at radius 1 is 1.18 bits per heavy atom. The highest BCUT2D eigenvalue weighted by Crippen LogP contribution is 2.15. The summed E-state index contributed by atoms with van der Waals surface area (Å²) in [4.78, 5) is 12.1. The van der Waals surface area contributed by atoms with Crippen LogP contribution in [0.25, 0.3) is 0 Å². The minimum Gasteiger partial charge on any atom is -0.374 e. The van der Waals surface area contributed by atoms with Crippen molar-refractivity contribution in [1.29, 1.82) is 0 Å². The van der Waals surface area contributed by atoms with Gasteiger partial charge in [0.15, 0.2) is 0 Å². The molecule has 5 heteroatoms. The molecule has 22 heavy (non-hydrogen) atoms. The van der Waals surface area contributed by atoms with Gasteiger partial charge in [0.25, 0.3) is 5.91 Å². The van der Waals surface area contributed by atoms with Gasteiger partial charge in [0, 0.05) is 10.2 Å². The number of halogens is 1. The first-order valence-corrected chi connectivity index (χ1v) is 7.88. The lowest BCUT2D eigenvalue weighted by atomic mass is 10.2. The van der Waals surface area contributed by atoms with E-state index in [2.05, 4.69) is 31.8 Å². The van der Waals surface area contributed by atoms with Crippen LogP contribution >= 0.6 is 15.9 Å². The first-order chi connectivity index (χ1) is 10.7. The van der Waals surface area contributed by atoms with Crippen LogP contribution in [-0.4, -0.2) is 18.2 Å². The van der Waals surface area contributed by atoms with E-state index in [-0.39, 0.29) is 11.9 Å². The Kier molecular flexibility index (Phi) is 6.15. The maximum Gasteiger partial charge on any atom is 0.262 e. The molecule has 2 aromatic rings. The van der Waals surface area contributed by atoms with Crippen molar-refractivity contribution in [1.82, 2.24) is 5.43 Å². The Morgan fingerprint density at radius 2 is 1.86 bits per heavy atom. The van der Waals surface area contributed by atoms with E-state index in [1.165, 1.54) is 0 Å². The Labute approximate surface area is 138 Å². The van der Waals surface area contributed by atoms with Crippen molar-refractivity contribution in [2.24, 2.45) is 5.10 Å². The van der Waals surface area contributed by atoms with Crippen LogP contribution in [-0.2, 0) is 4.79 Å². The largest absolute Gasteiger partial charge is 0.374 e. The number of anilines is 1. The first-order valence-electron chi connectivity index (χ1n) is 7.09. The molecule has 1 atom stereocenters. The minimum absolute atomic E-state index is 0.155. The van der Waals surface area contributed by atoms with Gasteiger partial charge in [0.05, 0.1) is 6.21 Å². The molecule has 1 amide bonds. The van der Waals surface area contributed by atoms with Crippen molar-refractivity contribution in [3.8, 4) is 0 Å². The molecule has 2 N–H and O–H groups in total. The van der Waals surface area contributed by atoms with Crippen LogP contribution in [0.4, 0.5) is 5.69 Å². The maximum atomic E-state index is 12.1. The molecule has 4 nitrogen and oxygen atoms in total. The van der Waals surface area contributed by atoms with E-state index in [0.29, 0.717) is 6.42 Å². The second-order valence-electron chi connectivity index (χ2n) is 4.76. The monoisotopic (exact) mass is 359 g/mol. The second kappa shape index (κ2) is 8.34. The molecule has 2 rings (SSSR count). The van der Waals surface area contributed by atoms with Crippen molar-refractivity contribution >= 4 is 33.7 Å². The normalized spacial score (nSPS) is 12.1. The van der Waals surface area contributed by atoms with E-state index in [9.17, 15) is 4.79 Å². The van der Waals surface area contributed by atoms with Crippen LogP contribution < -0.4 is 10.7 Å². The number of rotatable bonds is 6. The summed E-state index contributed by atoms with van der Waals surface area (Å²) in [5.41, 5.74) is 4.41. The molecule has 0 fully saturated rings. The summed E-state index contributed by atoms with van der Waals surface area (Å²) in [5.74, 6) is -0.155. The van der Waals surface area contributed by atoms with Crippen LogP contribution in [0.15, 0.2) is 64.2 Å². The molecule has 0 bridgehead atoms. The van der Waals surface area contributed by atoms with E-state index in [1.807, 2.05) is 61.5 Å². The SMILES string of the molecule is CC[C@@H](Nc1ccc(Br)cc1)C(=O)N/N=C\c1ccccc1. The first kappa shape index (κ1) is 16.2. The smallest absolute Gasteiger partial charge is 0.262 e. The van der Waals surface area contributed by atoms with Crippen LogP contribution in [0, 0.1) is 0 Å². The summed E-state index contributed by atoms with van der Waals surface area (Å²) in [6, 6.07) is 17.0. The van der Waals surface area contributed by atoms with Crippen LogP contribution in [0.3, 0.4) is 0 Å². The van der Waals surface area contributed by atoms with Crippen molar-refractivity contribution in [2.75, 3.05) is 5.32 Å². The summed E-state index contributed by atoms with van der Waals surface area (Å²) in [5, 5.41) is 7.19. The molecule has 0 saturated heterocycles. The summed E-state index contributed by atoms with van der Waals surface area (Å²) in [7, 11) is 0. The topological polar surface area (TPSA) is 53.5 Å². The van der Waals surface area contributed by atoms with Gasteiger partial charge in [-0.2, -0.15) is 5.10 Å². The molecule has 0 spiro atoms. The molecule has 0 heterocycles. The van der Waals surface area contributed by atoms with Crippen LogP contribution in [0.5, 0.6) is 0 Å². The van der Waals surface area contributed by atoms with Crippen molar-refractivity contribution in [3.63, 3.8) is 0 Å². The van der Waals surface area contributed by atoms with Gasteiger partial charge in [-0.25, -0.2) is 5.43 Å². The second-order valence-corrected chi connectivity index (χ2v) is 5.67. The molecule has 2 aromatic carbocycles. The van der Waals surface area contributed by atoms with Gasteiger partial charge in [-0.1, -0.05) is 53.2 Å². The number of nitrogens with one attached hydrogen (secondary N) is 2. The third-order valence-electron chi connectivity index (χ3n) is 3.10. The van der Waals surface area contributed by atoms with E-state index in [1.54, 1.807) is 6.21 Å². The van der Waals surface area contributed by atoms with E-state index < -0.39 is 0 Å². The zero-order valence-electron chi connectivity index (χ0n) is 12.3. The Hall–Kier alpha value is -2.14. The van der Waals surface area contributed by atoms with Gasteiger partial charge >= 0.3 is 0 Å². The van der Waals surface area contributed by atoms with Gasteiger partial charge in [0.1, 0.15) is 6.04 Å². The predicted octanol–water partition coefficient (Wildman–Crippen LogP) is 3.79. The van der Waals surface area contributed by atoms with Crippen molar-refractivity contribution in [2.45, 2.75) is 19.4 Å². The molecule has 0 radical (unpaired) electrons. The number of amides is 1. The van der Waals surface area contributed by atoms with Crippen LogP contribution in [0.1, 0.15) is 18.9 Å². The maximum absolute atomic E-state index is 12.1. The Balaban J connectivity index is 1.91. The third-order valence-corrected chi connectivity index (χ3v) is 3.63. The average molecular weight is 360 g/mol. The molecular weight excluding hydrogens is 342 g/mol. The predicted molar refractivity (Wildman–Crippen MR) is 94.0 cm³/mol. The summed E-state index contributed by atoms with van der Waals surface area (Å²) in [6.45, 7) is 1.96. The Morgan fingerprint density at radius 3 is 2.50 bits per heavy atom. The zero-order valence-corrected chi connectivity index (χ0v) is 13.9. The van der Waals surface area contributed by atoms with Gasteiger partial charge in [-0.3, -0.25) is 4.79 Å². The summed E-state index contributed by atoms with van der Waals surface area (Å²) >= 11 is 3.39. The van der Waals surface area contributed by atoms with Crippen LogP contribution in [0.2, 0.25) is 0 Å². The highest BCUT2D eigenvalue weighted by molar-refractivity contribution is 9.10. The van der Waals surface area contributed by atoms with Gasteiger partial charge < -0.3 is 5.32 Å². The average Bonchev–Trinajstić information content (AvgIpc) is 2.55. The molecule has 0 unspecified atom stereocenters.